The summed E-state index contributed by atoms with van der Waals surface area (Å²) in [6, 6.07) is 34.7. The first-order chi connectivity index (χ1) is 32.4. The lowest BCUT2D eigenvalue weighted by Gasteiger charge is -2.36. The van der Waals surface area contributed by atoms with Gasteiger partial charge in [-0.1, -0.05) is 123 Å². The first kappa shape index (κ1) is 43.3. The molecule has 4 N–H and O–H groups in total. The first-order valence-corrected chi connectivity index (χ1v) is 24.2. The van der Waals surface area contributed by atoms with Gasteiger partial charge in [0.1, 0.15) is 25.3 Å². The van der Waals surface area contributed by atoms with Crippen molar-refractivity contribution in [3.05, 3.63) is 131 Å². The summed E-state index contributed by atoms with van der Waals surface area (Å²) in [6.45, 7) is 0.280. The van der Waals surface area contributed by atoms with Crippen LogP contribution in [0.5, 0.6) is 0 Å². The van der Waals surface area contributed by atoms with Gasteiger partial charge in [0.2, 0.25) is 11.8 Å². The maximum Gasteiger partial charge on any atom is 0.408 e. The Bertz CT molecular complexity index is 2500. The number of hydrogen-bond donors (Lipinski definition) is 4. The van der Waals surface area contributed by atoms with Gasteiger partial charge in [0.05, 0.1) is 11.4 Å². The van der Waals surface area contributed by atoms with Crippen LogP contribution in [0.15, 0.2) is 109 Å². The van der Waals surface area contributed by atoms with Crippen molar-refractivity contribution in [3.8, 4) is 11.4 Å². The molecule has 0 bridgehead atoms. The highest BCUT2D eigenvalue weighted by molar-refractivity contribution is 5.96. The Morgan fingerprint density at radius 3 is 1.33 bits per heavy atom. The Hall–Kier alpha value is -6.56. The van der Waals surface area contributed by atoms with E-state index in [1.54, 1.807) is 0 Å². The van der Waals surface area contributed by atoms with Crippen molar-refractivity contribution in [1.82, 2.24) is 30.4 Å². The van der Waals surface area contributed by atoms with E-state index in [4.69, 9.17) is 9.47 Å². The van der Waals surface area contributed by atoms with E-state index < -0.39 is 24.3 Å². The number of H-pyrrole nitrogens is 2. The molecule has 12 heteroatoms. The fourth-order valence-electron chi connectivity index (χ4n) is 11.5. The minimum atomic E-state index is -0.657. The number of nitrogens with zero attached hydrogens (tertiary/aromatic N) is 2. The lowest BCUT2D eigenvalue weighted by molar-refractivity contribution is -0.138. The minimum absolute atomic E-state index is 0.0301. The van der Waals surface area contributed by atoms with Gasteiger partial charge in [0, 0.05) is 46.0 Å². The quantitative estimate of drug-likeness (QED) is 0.102. The van der Waals surface area contributed by atoms with E-state index in [1.807, 2.05) is 72.8 Å². The van der Waals surface area contributed by atoms with E-state index in [-0.39, 0.29) is 49.2 Å². The van der Waals surface area contributed by atoms with E-state index in [0.29, 0.717) is 25.7 Å². The molecule has 12 nitrogen and oxygen atoms in total. The molecule has 0 spiro atoms. The smallest absolute Gasteiger partial charge is 0.408 e. The fourth-order valence-corrected chi connectivity index (χ4v) is 11.5. The summed E-state index contributed by atoms with van der Waals surface area (Å²) >= 11 is 0. The highest BCUT2D eigenvalue weighted by atomic mass is 16.6. The Balaban J connectivity index is 0.924. The van der Waals surface area contributed by atoms with E-state index in [1.165, 1.54) is 0 Å². The molecule has 2 aromatic heterocycles. The zero-order valence-corrected chi connectivity index (χ0v) is 37.5. The number of para-hydroxylation sites is 2. The van der Waals surface area contributed by atoms with Gasteiger partial charge in [-0.15, -0.1) is 0 Å². The van der Waals surface area contributed by atoms with Crippen LogP contribution in [0.25, 0.3) is 33.2 Å². The summed E-state index contributed by atoms with van der Waals surface area (Å²) in [5.41, 5.74) is 8.12. The SMILES string of the molecule is O=C(N[C@H]1CCCC[C@H]2CC[C@@H](Cc3c(-c4[nH]c5ccccc5c4C[C@@H]4CC[C@@H]5CCCC[C@H](NC(=O)OCc6ccccc6)C(=O)N54)[nH]c4ccccc34)N2C1=O)OCc1ccccc1. The molecule has 66 heavy (non-hydrogen) atoms. The van der Waals surface area contributed by atoms with Crippen molar-refractivity contribution < 1.29 is 28.7 Å². The second kappa shape index (κ2) is 19.5. The number of carbonyl (C=O) groups excluding carboxylic acids is 4. The Morgan fingerprint density at radius 2 is 0.894 bits per heavy atom. The maximum atomic E-state index is 14.7. The number of fused-ring (bicyclic) bond motifs is 4. The van der Waals surface area contributed by atoms with Gasteiger partial charge in [0.15, 0.2) is 0 Å². The summed E-state index contributed by atoms with van der Waals surface area (Å²) in [4.78, 5) is 67.5. The number of rotatable bonds is 11. The minimum Gasteiger partial charge on any atom is -0.445 e. The van der Waals surface area contributed by atoms with Crippen LogP contribution in [0.3, 0.4) is 0 Å². The number of aromatic amines is 2. The molecule has 4 amide bonds. The molecule has 4 fully saturated rings. The number of alkyl carbamates (subject to hydrolysis) is 2. The standard InChI is InChI=1S/C54H60N6O6/c61-51-47(57-53(63)65-33-35-15-3-1-4-16-35)25-11-7-19-37-27-29-39(59(37)51)31-43-41-21-9-13-23-45(41)55-49(43)50-44(42-22-10-14-24-46(42)56-50)32-40-30-28-38-20-8-12-26-48(52(62)60(38)40)58-54(64)66-34-36-17-5-2-6-18-36/h1-6,9-10,13-18,21-24,37-40,47-48,55-56H,7-8,11-12,19-20,25-34H2,(H,57,63)(H,58,64)/t37-,38-,39-,40-,47-,48-/m0/s1. The van der Waals surface area contributed by atoms with Crippen LogP contribution in [0, 0.1) is 0 Å². The van der Waals surface area contributed by atoms with Crippen molar-refractivity contribution >= 4 is 45.8 Å². The molecule has 0 unspecified atom stereocenters. The van der Waals surface area contributed by atoms with Gasteiger partial charge in [-0.05, 0) is 98.6 Å². The van der Waals surface area contributed by atoms with Gasteiger partial charge in [-0.3, -0.25) is 9.59 Å². The zero-order chi connectivity index (χ0) is 45.0. The highest BCUT2D eigenvalue weighted by Gasteiger charge is 2.43. The monoisotopic (exact) mass is 888 g/mol. The van der Waals surface area contributed by atoms with Gasteiger partial charge < -0.3 is 39.9 Å². The molecule has 4 saturated heterocycles. The van der Waals surface area contributed by atoms with Crippen molar-refractivity contribution in [2.75, 3.05) is 0 Å². The summed E-state index contributed by atoms with van der Waals surface area (Å²) in [5.74, 6) is -0.0602. The molecular weight excluding hydrogens is 829 g/mol. The van der Waals surface area contributed by atoms with E-state index in [2.05, 4.69) is 66.8 Å². The third-order valence-corrected chi connectivity index (χ3v) is 14.7. The van der Waals surface area contributed by atoms with Crippen LogP contribution >= 0.6 is 0 Å². The number of ether oxygens (including phenoxy) is 2. The lowest BCUT2D eigenvalue weighted by atomic mass is 9.94. The molecule has 10 rings (SSSR count). The average Bonchev–Trinajstić information content (AvgIpc) is 4.12. The summed E-state index contributed by atoms with van der Waals surface area (Å²) in [5, 5.41) is 8.15. The predicted octanol–water partition coefficient (Wildman–Crippen LogP) is 9.86. The van der Waals surface area contributed by atoms with Crippen LogP contribution in [0.4, 0.5) is 9.59 Å². The Kier molecular flexibility index (Phi) is 12.8. The molecule has 0 aliphatic carbocycles. The zero-order valence-electron chi connectivity index (χ0n) is 37.5. The second-order valence-electron chi connectivity index (χ2n) is 18.8. The van der Waals surface area contributed by atoms with Gasteiger partial charge in [-0.2, -0.15) is 0 Å². The molecule has 6 atom stereocenters. The Labute approximate surface area is 385 Å². The van der Waals surface area contributed by atoms with Crippen molar-refractivity contribution in [1.29, 1.82) is 0 Å². The summed E-state index contributed by atoms with van der Waals surface area (Å²) in [7, 11) is 0. The number of benzene rings is 4. The largest absolute Gasteiger partial charge is 0.445 e. The molecule has 6 aromatic rings. The number of hydrogen-bond acceptors (Lipinski definition) is 6. The first-order valence-electron chi connectivity index (χ1n) is 24.2. The molecule has 4 aliphatic heterocycles. The summed E-state index contributed by atoms with van der Waals surface area (Å²) < 4.78 is 11.2. The molecule has 4 aliphatic rings. The van der Waals surface area contributed by atoms with Crippen LogP contribution in [0.2, 0.25) is 0 Å². The van der Waals surface area contributed by atoms with E-state index >= 15 is 0 Å². The topological polar surface area (TPSA) is 149 Å². The van der Waals surface area contributed by atoms with Crippen molar-refractivity contribution in [3.63, 3.8) is 0 Å². The molecular formula is C54H60N6O6. The van der Waals surface area contributed by atoms with Gasteiger partial charge >= 0.3 is 12.2 Å². The third-order valence-electron chi connectivity index (χ3n) is 14.7. The van der Waals surface area contributed by atoms with Crippen LogP contribution in [-0.2, 0) is 45.1 Å². The van der Waals surface area contributed by atoms with Gasteiger partial charge in [0.25, 0.3) is 0 Å². The number of carbonyl (C=O) groups is 4. The number of aromatic nitrogens is 2. The molecule has 0 radical (unpaired) electrons. The van der Waals surface area contributed by atoms with Crippen LogP contribution in [0.1, 0.15) is 99.3 Å². The second-order valence-corrected chi connectivity index (χ2v) is 18.8. The lowest BCUT2D eigenvalue weighted by Crippen LogP contribution is -2.53. The Morgan fingerprint density at radius 1 is 0.500 bits per heavy atom. The van der Waals surface area contributed by atoms with Crippen LogP contribution < -0.4 is 10.6 Å². The molecule has 6 heterocycles. The van der Waals surface area contributed by atoms with Crippen molar-refractivity contribution in [2.24, 2.45) is 0 Å². The van der Waals surface area contributed by atoms with E-state index in [0.717, 1.165) is 120 Å². The average molecular weight is 889 g/mol. The highest BCUT2D eigenvalue weighted by Crippen LogP contribution is 2.42. The van der Waals surface area contributed by atoms with Gasteiger partial charge in [-0.25, -0.2) is 9.59 Å². The normalized spacial score (nSPS) is 23.4. The summed E-state index contributed by atoms with van der Waals surface area (Å²) in [6.07, 6.45) is 10.5. The number of nitrogens with one attached hydrogen (secondary N) is 4. The van der Waals surface area contributed by atoms with Crippen molar-refractivity contribution in [2.45, 2.75) is 139 Å². The molecule has 342 valence electrons. The third kappa shape index (κ3) is 9.15. The fraction of sp³-hybridized carbons (Fsp3) is 0.407. The van der Waals surface area contributed by atoms with Crippen LogP contribution in [-0.4, -0.2) is 80.0 Å². The van der Waals surface area contributed by atoms with E-state index in [9.17, 15) is 19.2 Å². The molecule has 4 aromatic carbocycles. The predicted molar refractivity (Wildman–Crippen MR) is 254 cm³/mol. The molecule has 0 saturated carbocycles. The maximum absolute atomic E-state index is 14.7. The number of amides is 4.